The number of aliphatic hydroxyl groups is 2. The van der Waals surface area contributed by atoms with Crippen LogP contribution in [0.2, 0.25) is 0 Å². The Morgan fingerprint density at radius 2 is 1.13 bits per heavy atom. The van der Waals surface area contributed by atoms with Crippen LogP contribution in [0.1, 0.15) is 109 Å². The van der Waals surface area contributed by atoms with E-state index in [-0.39, 0.29) is 17.3 Å². The fourth-order valence-corrected chi connectivity index (χ4v) is 2.96. The second kappa shape index (κ2) is 23.3. The van der Waals surface area contributed by atoms with Crippen molar-refractivity contribution < 1.29 is 29.2 Å². The molecule has 0 amide bonds. The first-order chi connectivity index (χ1) is 17.9. The molecule has 0 aromatic rings. The normalized spacial score (nSPS) is 24.5. The van der Waals surface area contributed by atoms with Crippen LogP contribution in [-0.4, -0.2) is 92.0 Å². The first-order valence-electron chi connectivity index (χ1n) is 15.2. The number of hydrogen-bond donors (Lipinski definition) is 4. The molecule has 39 heavy (non-hydrogen) atoms. The summed E-state index contributed by atoms with van der Waals surface area (Å²) in [6, 6.07) is 0. The van der Waals surface area contributed by atoms with E-state index in [1.165, 1.54) is 0 Å². The zero-order valence-corrected chi connectivity index (χ0v) is 27.8. The zero-order valence-electron chi connectivity index (χ0n) is 27.8. The third-order valence-corrected chi connectivity index (χ3v) is 4.40. The van der Waals surface area contributed by atoms with Crippen LogP contribution in [0.3, 0.4) is 0 Å². The van der Waals surface area contributed by atoms with E-state index in [1.807, 2.05) is 0 Å². The number of β-amino-alcohol motifs (C(OH)–C–C–N with tert-alkyl or cyclic N) is 1. The van der Waals surface area contributed by atoms with Gasteiger partial charge in [0.1, 0.15) is 0 Å². The van der Waals surface area contributed by atoms with Gasteiger partial charge in [-0.15, -0.1) is 0 Å². The van der Waals surface area contributed by atoms with E-state index < -0.39 is 6.29 Å². The van der Waals surface area contributed by atoms with Crippen molar-refractivity contribution in [2.45, 2.75) is 145 Å². The summed E-state index contributed by atoms with van der Waals surface area (Å²) in [5.74, 6) is 1.67. The number of morpholine rings is 1. The molecule has 3 aliphatic heterocycles. The maximum absolute atomic E-state index is 8.62. The van der Waals surface area contributed by atoms with Gasteiger partial charge in [0.15, 0.2) is 6.29 Å². The van der Waals surface area contributed by atoms with Gasteiger partial charge in [-0.05, 0) is 85.6 Å². The van der Waals surface area contributed by atoms with E-state index in [0.717, 1.165) is 70.4 Å². The summed E-state index contributed by atoms with van der Waals surface area (Å²) in [5, 5.41) is 23.0. The molecule has 4 rings (SSSR count). The molecule has 1 aliphatic carbocycles. The van der Waals surface area contributed by atoms with Gasteiger partial charge in [0.2, 0.25) is 0 Å². The standard InChI is InChI=1S/C8H17NO.C8H16O2.C4H9NO2.2C4H10.C3H6O/c2*1-8(2,3)10-7-4-5-9-6-7;6-4-3-5-1-2-7-4;2*1-4(2)3;4-3-1-2-3/h7,9H,4-6H2,1-3H3;7H,4-6H2,1-3H3;4-6H,1-3H2;2*4H,1-3H3;3-4H,1-2H2. The van der Waals surface area contributed by atoms with Crippen molar-refractivity contribution in [1.82, 2.24) is 10.6 Å². The van der Waals surface area contributed by atoms with Gasteiger partial charge in [-0.3, -0.25) is 0 Å². The molecule has 0 radical (unpaired) electrons. The van der Waals surface area contributed by atoms with Gasteiger partial charge in [-0.2, -0.15) is 0 Å². The minimum Gasteiger partial charge on any atom is -0.393 e. The molecule has 3 saturated heterocycles. The van der Waals surface area contributed by atoms with Crippen LogP contribution in [0.25, 0.3) is 0 Å². The van der Waals surface area contributed by atoms with Gasteiger partial charge in [0, 0.05) is 26.2 Å². The largest absolute Gasteiger partial charge is 0.393 e. The minimum absolute atomic E-state index is 0.0155. The fourth-order valence-electron chi connectivity index (χ4n) is 2.96. The second-order valence-corrected chi connectivity index (χ2v) is 13.8. The van der Waals surface area contributed by atoms with Crippen molar-refractivity contribution in [3.8, 4) is 0 Å². The maximum Gasteiger partial charge on any atom is 0.167 e. The molecule has 0 bridgehead atoms. The Bertz CT molecular complexity index is 473. The number of aliphatic hydroxyl groups excluding tert-OH is 2. The molecule has 4 fully saturated rings. The Morgan fingerprint density at radius 3 is 1.38 bits per heavy atom. The average Bonchev–Trinajstić information content (AvgIpc) is 3.17. The van der Waals surface area contributed by atoms with Gasteiger partial charge in [-0.25, -0.2) is 0 Å². The summed E-state index contributed by atoms with van der Waals surface area (Å²) in [5.41, 5.74) is 0.00898. The summed E-state index contributed by atoms with van der Waals surface area (Å²) in [7, 11) is 0. The smallest absolute Gasteiger partial charge is 0.167 e. The van der Waals surface area contributed by atoms with E-state index in [1.54, 1.807) is 0 Å². The van der Waals surface area contributed by atoms with E-state index in [0.29, 0.717) is 25.4 Å². The molecular weight excluding hydrogens is 496 g/mol. The SMILES string of the molecule is CC(C)(C)OC1CCNC1.CC(C)(C)OC1CCOC1.CC(C)C.CC(C)C.OC1CC1.OC1CNCCO1. The van der Waals surface area contributed by atoms with E-state index in [2.05, 4.69) is 93.7 Å². The lowest BCUT2D eigenvalue weighted by atomic mass is 10.2. The number of ether oxygens (including phenoxy) is 4. The summed E-state index contributed by atoms with van der Waals surface area (Å²) in [4.78, 5) is 0. The van der Waals surface area contributed by atoms with E-state index >= 15 is 0 Å². The van der Waals surface area contributed by atoms with Gasteiger partial charge >= 0.3 is 0 Å². The van der Waals surface area contributed by atoms with Crippen LogP contribution in [0, 0.1) is 11.8 Å². The third-order valence-electron chi connectivity index (χ3n) is 4.40. The molecule has 4 aliphatic rings. The summed E-state index contributed by atoms with van der Waals surface area (Å²) in [6.45, 7) is 31.4. The third kappa shape index (κ3) is 39.9. The highest BCUT2D eigenvalue weighted by atomic mass is 16.6. The monoisotopic (exact) mass is 565 g/mol. The lowest BCUT2D eigenvalue weighted by molar-refractivity contribution is -0.112. The van der Waals surface area contributed by atoms with Crippen molar-refractivity contribution in [1.29, 1.82) is 0 Å². The van der Waals surface area contributed by atoms with Gasteiger partial charge in [-0.1, -0.05) is 41.5 Å². The Balaban J connectivity index is 0. The van der Waals surface area contributed by atoms with Crippen molar-refractivity contribution in [2.75, 3.05) is 46.0 Å². The molecule has 0 aromatic heterocycles. The predicted octanol–water partition coefficient (Wildman–Crippen LogP) is 5.14. The minimum atomic E-state index is -0.575. The number of rotatable bonds is 2. The highest BCUT2D eigenvalue weighted by molar-refractivity contribution is 4.74. The van der Waals surface area contributed by atoms with Crippen LogP contribution in [0.5, 0.6) is 0 Å². The Kier molecular flexibility index (Phi) is 24.3. The molecule has 238 valence electrons. The van der Waals surface area contributed by atoms with E-state index in [9.17, 15) is 0 Å². The zero-order chi connectivity index (χ0) is 30.5. The molecule has 8 heteroatoms. The van der Waals surface area contributed by atoms with Crippen molar-refractivity contribution in [3.63, 3.8) is 0 Å². The van der Waals surface area contributed by atoms with Crippen molar-refractivity contribution in [3.05, 3.63) is 0 Å². The van der Waals surface area contributed by atoms with E-state index in [4.69, 9.17) is 29.2 Å². The van der Waals surface area contributed by atoms with Crippen LogP contribution in [-0.2, 0) is 18.9 Å². The molecule has 3 unspecified atom stereocenters. The Morgan fingerprint density at radius 1 is 0.667 bits per heavy atom. The molecule has 3 heterocycles. The Hall–Kier alpha value is -0.320. The quantitative estimate of drug-likeness (QED) is 0.366. The summed E-state index contributed by atoms with van der Waals surface area (Å²) in [6.07, 6.45) is 4.59. The maximum atomic E-state index is 8.62. The molecule has 8 nitrogen and oxygen atoms in total. The van der Waals surface area contributed by atoms with Gasteiger partial charge in [0.05, 0.1) is 42.7 Å². The summed E-state index contributed by atoms with van der Waals surface area (Å²) < 4.78 is 21.4. The first-order valence-corrected chi connectivity index (χ1v) is 15.2. The van der Waals surface area contributed by atoms with Gasteiger partial charge < -0.3 is 39.8 Å². The average molecular weight is 565 g/mol. The van der Waals surface area contributed by atoms with Gasteiger partial charge in [0.25, 0.3) is 0 Å². The second-order valence-electron chi connectivity index (χ2n) is 13.8. The van der Waals surface area contributed by atoms with Crippen LogP contribution < -0.4 is 10.6 Å². The number of hydrogen-bond acceptors (Lipinski definition) is 8. The fraction of sp³-hybridized carbons (Fsp3) is 1.00. The number of nitrogens with one attached hydrogen (secondary N) is 2. The molecule has 4 N–H and O–H groups in total. The Labute approximate surface area is 242 Å². The first kappa shape index (κ1) is 40.8. The molecular formula is C31H68N2O6. The topological polar surface area (TPSA) is 101 Å². The molecule has 0 aromatic carbocycles. The van der Waals surface area contributed by atoms with Crippen molar-refractivity contribution in [2.24, 2.45) is 11.8 Å². The molecule has 0 spiro atoms. The van der Waals surface area contributed by atoms with Crippen LogP contribution in [0.15, 0.2) is 0 Å². The lowest BCUT2D eigenvalue weighted by Gasteiger charge is -2.23. The van der Waals surface area contributed by atoms with Crippen LogP contribution in [0.4, 0.5) is 0 Å². The van der Waals surface area contributed by atoms with Crippen LogP contribution >= 0.6 is 0 Å². The molecule has 1 saturated carbocycles. The molecule has 3 atom stereocenters. The lowest BCUT2D eigenvalue weighted by Crippen LogP contribution is -2.38. The van der Waals surface area contributed by atoms with Crippen molar-refractivity contribution >= 4 is 0 Å². The predicted molar refractivity (Wildman–Crippen MR) is 163 cm³/mol. The highest BCUT2D eigenvalue weighted by Gasteiger charge is 2.22. The summed E-state index contributed by atoms with van der Waals surface area (Å²) >= 11 is 0. The highest BCUT2D eigenvalue weighted by Crippen LogP contribution is 2.17.